The first kappa shape index (κ1) is 19.6. The summed E-state index contributed by atoms with van der Waals surface area (Å²) in [6.45, 7) is 2.48. The molecular weight excluding hydrogens is 404 g/mol. The van der Waals surface area contributed by atoms with Crippen LogP contribution in [0.1, 0.15) is 26.8 Å². The van der Waals surface area contributed by atoms with Crippen LogP contribution in [-0.4, -0.2) is 33.4 Å². The van der Waals surface area contributed by atoms with Crippen LogP contribution in [0, 0.1) is 6.92 Å². The first-order chi connectivity index (χ1) is 14.2. The van der Waals surface area contributed by atoms with E-state index in [1.807, 2.05) is 31.2 Å². The standard InChI is InChI=1S/C21H20N4O2S2/c1-14-24-25-21(29-14)28-12-11-22-20(26)16-8-9-18-17(13-16)23-19(27-18)10-7-15-5-3-2-4-6-15/h2-6,8-9,13H,7,10-12H2,1H3,(H,22,26). The summed E-state index contributed by atoms with van der Waals surface area (Å²) < 4.78 is 6.74. The minimum atomic E-state index is -0.116. The molecule has 0 aliphatic heterocycles. The number of thioether (sulfide) groups is 1. The Morgan fingerprint density at radius 1 is 1.14 bits per heavy atom. The topological polar surface area (TPSA) is 80.9 Å². The summed E-state index contributed by atoms with van der Waals surface area (Å²) in [6.07, 6.45) is 1.59. The van der Waals surface area contributed by atoms with Gasteiger partial charge in [0.25, 0.3) is 5.91 Å². The Bertz CT molecular complexity index is 1110. The summed E-state index contributed by atoms with van der Waals surface area (Å²) in [6, 6.07) is 15.6. The van der Waals surface area contributed by atoms with E-state index in [2.05, 4.69) is 32.6 Å². The molecule has 0 radical (unpaired) electrons. The van der Waals surface area contributed by atoms with Crippen molar-refractivity contribution in [3.8, 4) is 0 Å². The van der Waals surface area contributed by atoms with Crippen molar-refractivity contribution in [1.29, 1.82) is 0 Å². The number of aryl methyl sites for hydroxylation is 3. The highest BCUT2D eigenvalue weighted by Gasteiger charge is 2.11. The van der Waals surface area contributed by atoms with Gasteiger partial charge in [0.1, 0.15) is 10.5 Å². The Balaban J connectivity index is 1.32. The van der Waals surface area contributed by atoms with Crippen LogP contribution in [-0.2, 0) is 12.8 Å². The number of amides is 1. The van der Waals surface area contributed by atoms with E-state index in [4.69, 9.17) is 4.42 Å². The molecule has 4 aromatic rings. The van der Waals surface area contributed by atoms with Gasteiger partial charge in [0.05, 0.1) is 0 Å². The van der Waals surface area contributed by atoms with Gasteiger partial charge in [-0.2, -0.15) is 0 Å². The average molecular weight is 425 g/mol. The van der Waals surface area contributed by atoms with Crippen molar-refractivity contribution in [3.05, 3.63) is 70.6 Å². The molecule has 8 heteroatoms. The summed E-state index contributed by atoms with van der Waals surface area (Å²) >= 11 is 3.15. The molecule has 0 fully saturated rings. The number of oxazole rings is 1. The molecule has 29 heavy (non-hydrogen) atoms. The van der Waals surface area contributed by atoms with E-state index in [1.54, 1.807) is 35.2 Å². The van der Waals surface area contributed by atoms with E-state index in [1.165, 1.54) is 5.56 Å². The number of benzene rings is 2. The molecule has 0 unspecified atom stereocenters. The lowest BCUT2D eigenvalue weighted by atomic mass is 10.1. The van der Waals surface area contributed by atoms with Crippen LogP contribution < -0.4 is 5.32 Å². The fraction of sp³-hybridized carbons (Fsp3) is 0.238. The van der Waals surface area contributed by atoms with Gasteiger partial charge in [-0.1, -0.05) is 53.4 Å². The minimum absolute atomic E-state index is 0.116. The van der Waals surface area contributed by atoms with Crippen LogP contribution >= 0.6 is 23.1 Å². The van der Waals surface area contributed by atoms with Gasteiger partial charge >= 0.3 is 0 Å². The van der Waals surface area contributed by atoms with E-state index in [0.717, 1.165) is 27.9 Å². The zero-order valence-corrected chi connectivity index (χ0v) is 17.6. The van der Waals surface area contributed by atoms with Gasteiger partial charge in [-0.25, -0.2) is 4.98 Å². The van der Waals surface area contributed by atoms with Gasteiger partial charge in [-0.05, 0) is 37.1 Å². The zero-order valence-electron chi connectivity index (χ0n) is 15.9. The number of fused-ring (bicyclic) bond motifs is 1. The number of nitrogens with zero attached hydrogens (tertiary/aromatic N) is 3. The van der Waals surface area contributed by atoms with Gasteiger partial charge < -0.3 is 9.73 Å². The van der Waals surface area contributed by atoms with E-state index in [0.29, 0.717) is 29.1 Å². The monoisotopic (exact) mass is 424 g/mol. The third kappa shape index (κ3) is 5.21. The molecule has 2 aromatic heterocycles. The molecule has 0 saturated heterocycles. The zero-order chi connectivity index (χ0) is 20.1. The lowest BCUT2D eigenvalue weighted by Gasteiger charge is -2.03. The quantitative estimate of drug-likeness (QED) is 0.336. The maximum atomic E-state index is 12.4. The second-order valence-corrected chi connectivity index (χ2v) is 8.99. The summed E-state index contributed by atoms with van der Waals surface area (Å²) in [4.78, 5) is 17.0. The molecular formula is C21H20N4O2S2. The van der Waals surface area contributed by atoms with E-state index < -0.39 is 0 Å². The summed E-state index contributed by atoms with van der Waals surface area (Å²) in [5, 5.41) is 11.9. The molecule has 148 valence electrons. The number of carbonyl (C=O) groups excluding carboxylic acids is 1. The molecule has 6 nitrogen and oxygen atoms in total. The smallest absolute Gasteiger partial charge is 0.251 e. The molecule has 0 saturated carbocycles. The molecule has 0 atom stereocenters. The summed E-state index contributed by atoms with van der Waals surface area (Å²) in [7, 11) is 0. The van der Waals surface area contributed by atoms with Gasteiger partial charge in [-0.3, -0.25) is 4.79 Å². The fourth-order valence-corrected chi connectivity index (χ4v) is 4.60. The number of nitrogens with one attached hydrogen (secondary N) is 1. The molecule has 0 aliphatic carbocycles. The van der Waals surface area contributed by atoms with Gasteiger partial charge in [0.2, 0.25) is 0 Å². The van der Waals surface area contributed by atoms with Gasteiger partial charge in [-0.15, -0.1) is 10.2 Å². The van der Waals surface area contributed by atoms with Crippen LogP contribution in [0.5, 0.6) is 0 Å². The molecule has 2 heterocycles. The van der Waals surface area contributed by atoms with Crippen LogP contribution in [0.3, 0.4) is 0 Å². The van der Waals surface area contributed by atoms with Crippen LogP contribution in [0.15, 0.2) is 57.3 Å². The SMILES string of the molecule is Cc1nnc(SCCNC(=O)c2ccc3oc(CCc4ccccc4)nc3c2)s1. The molecule has 0 aliphatic rings. The van der Waals surface area contributed by atoms with Crippen molar-refractivity contribution in [1.82, 2.24) is 20.5 Å². The Morgan fingerprint density at radius 2 is 2.00 bits per heavy atom. The predicted molar refractivity (Wildman–Crippen MR) is 116 cm³/mol. The number of rotatable bonds is 8. The normalized spacial score (nSPS) is 11.1. The molecule has 1 N–H and O–H groups in total. The Morgan fingerprint density at radius 3 is 2.79 bits per heavy atom. The highest BCUT2D eigenvalue weighted by Crippen LogP contribution is 2.21. The Kier molecular flexibility index (Phi) is 6.21. The predicted octanol–water partition coefficient (Wildman–Crippen LogP) is 4.30. The van der Waals surface area contributed by atoms with Crippen LogP contribution in [0.4, 0.5) is 0 Å². The van der Waals surface area contributed by atoms with Crippen molar-refractivity contribution in [2.75, 3.05) is 12.3 Å². The van der Waals surface area contributed by atoms with E-state index in [9.17, 15) is 4.79 Å². The lowest BCUT2D eigenvalue weighted by Crippen LogP contribution is -2.25. The maximum absolute atomic E-state index is 12.4. The third-order valence-corrected chi connectivity index (χ3v) is 6.26. The van der Waals surface area contributed by atoms with Crippen molar-refractivity contribution < 1.29 is 9.21 Å². The maximum Gasteiger partial charge on any atom is 0.251 e. The molecule has 2 aromatic carbocycles. The highest BCUT2D eigenvalue weighted by molar-refractivity contribution is 8.01. The van der Waals surface area contributed by atoms with Crippen molar-refractivity contribution >= 4 is 40.1 Å². The number of hydrogen-bond acceptors (Lipinski definition) is 7. The first-order valence-corrected chi connectivity index (χ1v) is 11.1. The second kappa shape index (κ2) is 9.19. The minimum Gasteiger partial charge on any atom is -0.441 e. The third-order valence-electron chi connectivity index (χ3n) is 4.29. The van der Waals surface area contributed by atoms with Crippen molar-refractivity contribution in [2.24, 2.45) is 0 Å². The second-order valence-electron chi connectivity index (χ2n) is 6.47. The highest BCUT2D eigenvalue weighted by atomic mass is 32.2. The Labute approximate surface area is 176 Å². The first-order valence-electron chi connectivity index (χ1n) is 9.32. The molecule has 0 bridgehead atoms. The average Bonchev–Trinajstić information content (AvgIpc) is 3.35. The molecule has 0 spiro atoms. The summed E-state index contributed by atoms with van der Waals surface area (Å²) in [5.41, 5.74) is 3.24. The number of carbonyl (C=O) groups is 1. The van der Waals surface area contributed by atoms with E-state index in [-0.39, 0.29) is 5.91 Å². The van der Waals surface area contributed by atoms with Gasteiger partial charge in [0, 0.05) is 24.3 Å². The molecule has 4 rings (SSSR count). The lowest BCUT2D eigenvalue weighted by molar-refractivity contribution is 0.0956. The Hall–Kier alpha value is -2.71. The van der Waals surface area contributed by atoms with Crippen molar-refractivity contribution in [2.45, 2.75) is 24.1 Å². The number of hydrogen-bond donors (Lipinski definition) is 1. The van der Waals surface area contributed by atoms with Crippen molar-refractivity contribution in [3.63, 3.8) is 0 Å². The fourth-order valence-electron chi connectivity index (χ4n) is 2.86. The van der Waals surface area contributed by atoms with Gasteiger partial charge in [0.15, 0.2) is 15.8 Å². The summed E-state index contributed by atoms with van der Waals surface area (Å²) in [5.74, 6) is 1.32. The van der Waals surface area contributed by atoms with E-state index >= 15 is 0 Å². The van der Waals surface area contributed by atoms with Crippen LogP contribution in [0.2, 0.25) is 0 Å². The van der Waals surface area contributed by atoms with Crippen LogP contribution in [0.25, 0.3) is 11.1 Å². The molecule has 1 amide bonds. The largest absolute Gasteiger partial charge is 0.441 e. The number of aromatic nitrogens is 3.